The molecule has 34 heavy (non-hydrogen) atoms. The topological polar surface area (TPSA) is 89.0 Å². The van der Waals surface area contributed by atoms with Crippen molar-refractivity contribution in [1.29, 1.82) is 0 Å². The van der Waals surface area contributed by atoms with Crippen molar-refractivity contribution in [1.82, 2.24) is 20.1 Å². The molecule has 2 aliphatic rings. The summed E-state index contributed by atoms with van der Waals surface area (Å²) < 4.78 is 0. The van der Waals surface area contributed by atoms with Gasteiger partial charge in [0.05, 0.1) is 5.52 Å². The number of anilines is 1. The highest BCUT2D eigenvalue weighted by Crippen LogP contribution is 2.32. The van der Waals surface area contributed by atoms with Crippen LogP contribution in [0.2, 0.25) is 5.02 Å². The van der Waals surface area contributed by atoms with E-state index in [4.69, 9.17) is 11.6 Å². The molecular formula is C25H34ClN5O3. The number of carbonyl (C=O) groups excluding carboxylic acids is 1. The molecule has 0 aliphatic carbocycles. The molecule has 2 N–H and O–H groups in total. The summed E-state index contributed by atoms with van der Waals surface area (Å²) in [6.07, 6.45) is 3.08. The lowest BCUT2D eigenvalue weighted by molar-refractivity contribution is 0.0809. The first-order valence-corrected chi connectivity index (χ1v) is 12.4. The van der Waals surface area contributed by atoms with Crippen molar-refractivity contribution in [2.24, 2.45) is 5.41 Å². The number of hydrogen-bond acceptors (Lipinski definition) is 4. The van der Waals surface area contributed by atoms with Gasteiger partial charge in [0.25, 0.3) is 0 Å². The number of amides is 3. The molecule has 1 aromatic carbocycles. The lowest BCUT2D eigenvalue weighted by Crippen LogP contribution is -2.54. The Morgan fingerprint density at radius 1 is 1.12 bits per heavy atom. The van der Waals surface area contributed by atoms with Gasteiger partial charge in [-0.1, -0.05) is 32.4 Å². The van der Waals surface area contributed by atoms with Crippen LogP contribution in [0, 0.1) is 5.41 Å². The number of urea groups is 1. The van der Waals surface area contributed by atoms with Gasteiger partial charge in [0.15, 0.2) is 0 Å². The van der Waals surface area contributed by atoms with Gasteiger partial charge in [-0.05, 0) is 48.9 Å². The van der Waals surface area contributed by atoms with E-state index in [-0.39, 0.29) is 23.5 Å². The number of pyridine rings is 1. The zero-order valence-electron chi connectivity index (χ0n) is 20.1. The first-order valence-electron chi connectivity index (χ1n) is 12.0. The Hall–Kier alpha value is -2.74. The molecule has 1 aromatic heterocycles. The molecule has 0 spiro atoms. The third-order valence-corrected chi connectivity index (χ3v) is 7.23. The van der Waals surface area contributed by atoms with Crippen molar-refractivity contribution < 1.29 is 14.7 Å². The van der Waals surface area contributed by atoms with Crippen LogP contribution in [0.5, 0.6) is 0 Å². The van der Waals surface area contributed by atoms with Gasteiger partial charge in [0.1, 0.15) is 0 Å². The first-order chi connectivity index (χ1) is 16.1. The molecule has 2 aromatic rings. The van der Waals surface area contributed by atoms with Crippen molar-refractivity contribution in [2.45, 2.75) is 52.1 Å². The Bertz CT molecular complexity index is 1050. The maximum atomic E-state index is 13.1. The summed E-state index contributed by atoms with van der Waals surface area (Å²) in [6.45, 7) is 9.41. The number of benzene rings is 1. The molecule has 0 bridgehead atoms. The van der Waals surface area contributed by atoms with Crippen LogP contribution in [0.25, 0.3) is 10.9 Å². The summed E-state index contributed by atoms with van der Waals surface area (Å²) in [4.78, 5) is 35.0. The van der Waals surface area contributed by atoms with Gasteiger partial charge in [-0.3, -0.25) is 4.98 Å². The Labute approximate surface area is 205 Å². The smallest absolute Gasteiger partial charge is 0.407 e. The Morgan fingerprint density at radius 2 is 1.85 bits per heavy atom. The maximum absolute atomic E-state index is 13.1. The highest BCUT2D eigenvalue weighted by atomic mass is 35.5. The second-order valence-corrected chi connectivity index (χ2v) is 10.8. The van der Waals surface area contributed by atoms with E-state index < -0.39 is 6.09 Å². The minimum Gasteiger partial charge on any atom is -0.465 e. The van der Waals surface area contributed by atoms with Crippen molar-refractivity contribution in [3.63, 3.8) is 0 Å². The largest absolute Gasteiger partial charge is 0.465 e. The van der Waals surface area contributed by atoms with E-state index in [1.54, 1.807) is 11.1 Å². The molecule has 0 radical (unpaired) electrons. The summed E-state index contributed by atoms with van der Waals surface area (Å²) in [6, 6.07) is 7.52. The zero-order chi connectivity index (χ0) is 24.5. The molecular weight excluding hydrogens is 454 g/mol. The molecule has 4 rings (SSSR count). The lowest BCUT2D eigenvalue weighted by atomic mass is 9.82. The zero-order valence-corrected chi connectivity index (χ0v) is 20.9. The molecule has 3 heterocycles. The number of carbonyl (C=O) groups is 2. The van der Waals surface area contributed by atoms with Crippen LogP contribution in [0.1, 0.15) is 40.0 Å². The monoisotopic (exact) mass is 487 g/mol. The third-order valence-electron chi connectivity index (χ3n) is 7.00. The van der Waals surface area contributed by atoms with Gasteiger partial charge >= 0.3 is 12.1 Å². The van der Waals surface area contributed by atoms with Gasteiger partial charge < -0.3 is 25.1 Å². The van der Waals surface area contributed by atoms with E-state index in [0.29, 0.717) is 31.1 Å². The highest BCUT2D eigenvalue weighted by Gasteiger charge is 2.37. The number of fused-ring (bicyclic) bond motifs is 1. The second kappa shape index (κ2) is 9.86. The van der Waals surface area contributed by atoms with Crippen molar-refractivity contribution >= 4 is 40.3 Å². The Kier molecular flexibility index (Phi) is 7.07. The fourth-order valence-electron chi connectivity index (χ4n) is 5.16. The van der Waals surface area contributed by atoms with Gasteiger partial charge in [0.2, 0.25) is 0 Å². The maximum Gasteiger partial charge on any atom is 0.407 e. The second-order valence-electron chi connectivity index (χ2n) is 10.3. The SMILES string of the molecule is CC(C)(C)C1CC(NC(=O)N2CCN(c3ccnc4cc(Cl)ccc34)CC2)CCCN1C(=O)O. The predicted molar refractivity (Wildman–Crippen MR) is 135 cm³/mol. The number of nitrogens with one attached hydrogen (secondary N) is 1. The number of carboxylic acid groups (broad SMARTS) is 1. The van der Waals surface area contributed by atoms with Crippen molar-refractivity contribution in [3.8, 4) is 0 Å². The summed E-state index contributed by atoms with van der Waals surface area (Å²) in [5, 5.41) is 14.6. The van der Waals surface area contributed by atoms with E-state index in [1.165, 1.54) is 0 Å². The van der Waals surface area contributed by atoms with Crippen LogP contribution >= 0.6 is 11.6 Å². The molecule has 0 saturated carbocycles. The highest BCUT2D eigenvalue weighted by molar-refractivity contribution is 6.31. The molecule has 3 amide bonds. The van der Waals surface area contributed by atoms with Crippen LogP contribution in [-0.4, -0.2) is 76.8 Å². The van der Waals surface area contributed by atoms with E-state index in [9.17, 15) is 14.7 Å². The molecule has 184 valence electrons. The summed E-state index contributed by atoms with van der Waals surface area (Å²) in [5.74, 6) is 0. The van der Waals surface area contributed by atoms with Crippen molar-refractivity contribution in [3.05, 3.63) is 35.5 Å². The molecule has 2 fully saturated rings. The average molecular weight is 488 g/mol. The number of nitrogens with zero attached hydrogens (tertiary/aromatic N) is 4. The van der Waals surface area contributed by atoms with Crippen LogP contribution in [0.15, 0.2) is 30.5 Å². The van der Waals surface area contributed by atoms with Crippen LogP contribution in [0.4, 0.5) is 15.3 Å². The quantitative estimate of drug-likeness (QED) is 0.642. The molecule has 9 heteroatoms. The summed E-state index contributed by atoms with van der Waals surface area (Å²) >= 11 is 6.12. The van der Waals surface area contributed by atoms with Gasteiger partial charge in [0, 0.05) is 67.1 Å². The lowest BCUT2D eigenvalue weighted by Gasteiger charge is -2.39. The number of hydrogen-bond donors (Lipinski definition) is 2. The summed E-state index contributed by atoms with van der Waals surface area (Å²) in [7, 11) is 0. The Balaban J connectivity index is 1.38. The molecule has 2 unspecified atom stereocenters. The van der Waals surface area contributed by atoms with Crippen LogP contribution in [-0.2, 0) is 0 Å². The molecule has 2 atom stereocenters. The van der Waals surface area contributed by atoms with E-state index in [1.807, 2.05) is 29.2 Å². The average Bonchev–Trinajstić information content (AvgIpc) is 3.01. The molecule has 2 saturated heterocycles. The van der Waals surface area contributed by atoms with Crippen LogP contribution < -0.4 is 10.2 Å². The van der Waals surface area contributed by atoms with E-state index >= 15 is 0 Å². The van der Waals surface area contributed by atoms with Gasteiger partial charge in [-0.15, -0.1) is 0 Å². The first kappa shape index (κ1) is 24.4. The minimum absolute atomic E-state index is 0.0343. The molecule has 8 nitrogen and oxygen atoms in total. The fraction of sp³-hybridized carbons (Fsp3) is 0.560. The summed E-state index contributed by atoms with van der Waals surface area (Å²) in [5.41, 5.74) is 1.77. The van der Waals surface area contributed by atoms with Gasteiger partial charge in [-0.2, -0.15) is 0 Å². The van der Waals surface area contributed by atoms with E-state index in [0.717, 1.165) is 42.5 Å². The fourth-order valence-corrected chi connectivity index (χ4v) is 5.32. The van der Waals surface area contributed by atoms with Crippen LogP contribution in [0.3, 0.4) is 0 Å². The molecule has 2 aliphatic heterocycles. The van der Waals surface area contributed by atoms with Gasteiger partial charge in [-0.25, -0.2) is 9.59 Å². The number of piperazine rings is 1. The number of likely N-dealkylation sites (tertiary alicyclic amines) is 1. The number of rotatable bonds is 2. The Morgan fingerprint density at radius 3 is 2.53 bits per heavy atom. The predicted octanol–water partition coefficient (Wildman–Crippen LogP) is 4.67. The standard InChI is InChI=1S/C25H34ClN5O3/c1-25(2,3)22-16-18(5-4-10-31(22)24(33)34)28-23(32)30-13-11-29(12-14-30)21-8-9-27-20-15-17(26)6-7-19(20)21/h6-9,15,18,22H,4-5,10-14,16H2,1-3H3,(H,28,32)(H,33,34). The third kappa shape index (κ3) is 5.32. The van der Waals surface area contributed by atoms with E-state index in [2.05, 4.69) is 36.0 Å². The number of halogens is 1. The number of aromatic nitrogens is 1. The van der Waals surface area contributed by atoms with Crippen molar-refractivity contribution in [2.75, 3.05) is 37.6 Å². The minimum atomic E-state index is -0.881. The normalized spacial score (nSPS) is 21.9.